The van der Waals surface area contributed by atoms with Gasteiger partial charge in [0.15, 0.2) is 9.84 Å². The Morgan fingerprint density at radius 1 is 0.842 bits per heavy atom. The smallest absolute Gasteiger partial charge is 0.726 e. The molecule has 0 spiro atoms. The Labute approximate surface area is 195 Å². The summed E-state index contributed by atoms with van der Waals surface area (Å²) in [5.41, 5.74) is 0. The van der Waals surface area contributed by atoms with Crippen LogP contribution in [0.3, 0.4) is 0 Å². The first-order chi connectivity index (χ1) is 7.38. The van der Waals surface area contributed by atoms with Gasteiger partial charge in [0, 0.05) is 0 Å². The molecule has 0 amide bonds. The third kappa shape index (κ3) is 10.4. The topological polar surface area (TPSA) is 167 Å². The third-order valence-corrected chi connectivity index (χ3v) is 4.37. The zero-order chi connectivity index (χ0) is 13.5. The molecule has 0 radical (unpaired) electrons. The summed E-state index contributed by atoms with van der Waals surface area (Å²) in [4.78, 5) is 0. The fourth-order valence-electron chi connectivity index (χ4n) is 1.27. The van der Waals surface area contributed by atoms with Crippen LogP contribution in [-0.4, -0.2) is 58.1 Å². The molecule has 0 unspecified atom stereocenters. The van der Waals surface area contributed by atoms with E-state index < -0.39 is 54.3 Å². The van der Waals surface area contributed by atoms with Crippen LogP contribution >= 0.6 is 0 Å². The summed E-state index contributed by atoms with van der Waals surface area (Å²) >= 11 is 0. The molecule has 0 aromatic carbocycles. The van der Waals surface area contributed by atoms with E-state index in [2.05, 4.69) is 8.37 Å². The van der Waals surface area contributed by atoms with Gasteiger partial charge < -0.3 is 9.11 Å². The predicted molar refractivity (Wildman–Crippen MR) is 47.8 cm³/mol. The third-order valence-electron chi connectivity index (χ3n) is 1.73. The van der Waals surface area contributed by atoms with Gasteiger partial charge in [0.2, 0.25) is 20.8 Å². The molecule has 1 aliphatic heterocycles. The van der Waals surface area contributed by atoms with Crippen molar-refractivity contribution in [3.63, 3.8) is 0 Å². The summed E-state index contributed by atoms with van der Waals surface area (Å²) in [6, 6.07) is 0. The standard InChI is InChI=1S/C4H8O10S3.2K/c5-15(6)1-3(13-16(7,8)9)4(2-15)14-17(10,11)12;;/h3-4H,1-2H2,(H,7,8,9)(H,10,11,12);;/q;2*+1/p-2/t3-,4+;;. The molecular weight excluding hydrogens is 382 g/mol. The molecule has 0 aromatic heterocycles. The predicted octanol–water partition coefficient (Wildman–Crippen LogP) is -8.89. The summed E-state index contributed by atoms with van der Waals surface area (Å²) < 4.78 is 91.3. The number of sulfone groups is 1. The van der Waals surface area contributed by atoms with Gasteiger partial charge in [-0.05, 0) is 0 Å². The normalized spacial score (nSPS) is 26.2. The molecule has 0 bridgehead atoms. The molecule has 2 atom stereocenters. The number of rotatable bonds is 4. The van der Waals surface area contributed by atoms with Crippen LogP contribution in [0, 0.1) is 0 Å². The van der Waals surface area contributed by atoms with Gasteiger partial charge in [0.1, 0.15) is 12.2 Å². The summed E-state index contributed by atoms with van der Waals surface area (Å²) in [7, 11) is -14.3. The van der Waals surface area contributed by atoms with Crippen LogP contribution in [0.1, 0.15) is 0 Å². The van der Waals surface area contributed by atoms with E-state index in [0.29, 0.717) is 0 Å². The van der Waals surface area contributed by atoms with E-state index in [-0.39, 0.29) is 103 Å². The minimum absolute atomic E-state index is 0. The largest absolute Gasteiger partial charge is 1.00 e. The summed E-state index contributed by atoms with van der Waals surface area (Å²) in [5, 5.41) is 0. The van der Waals surface area contributed by atoms with Crippen molar-refractivity contribution in [3.8, 4) is 0 Å². The second kappa shape index (κ2) is 8.71. The van der Waals surface area contributed by atoms with Crippen LogP contribution in [0.25, 0.3) is 0 Å². The maximum absolute atomic E-state index is 11.1. The van der Waals surface area contributed by atoms with E-state index in [0.717, 1.165) is 0 Å². The maximum Gasteiger partial charge on any atom is 1.00 e. The quantitative estimate of drug-likeness (QED) is 0.256. The molecule has 1 aliphatic rings. The molecule has 0 aliphatic carbocycles. The van der Waals surface area contributed by atoms with Crippen molar-refractivity contribution in [3.05, 3.63) is 0 Å². The molecule has 102 valence electrons. The van der Waals surface area contributed by atoms with E-state index in [4.69, 9.17) is 0 Å². The summed E-state index contributed by atoms with van der Waals surface area (Å²) in [6.45, 7) is 0. The molecule has 19 heavy (non-hydrogen) atoms. The molecule has 1 saturated heterocycles. The second-order valence-corrected chi connectivity index (χ2v) is 7.33. The minimum Gasteiger partial charge on any atom is -0.726 e. The van der Waals surface area contributed by atoms with Crippen molar-refractivity contribution < 1.29 is 145 Å². The molecule has 0 aromatic rings. The van der Waals surface area contributed by atoms with E-state index in [1.807, 2.05) is 0 Å². The van der Waals surface area contributed by atoms with Gasteiger partial charge >= 0.3 is 103 Å². The zero-order valence-corrected chi connectivity index (χ0v) is 18.6. The average Bonchev–Trinajstić information content (AvgIpc) is 2.17. The van der Waals surface area contributed by atoms with Crippen molar-refractivity contribution >= 4 is 30.6 Å². The molecule has 1 rings (SSSR count). The molecule has 10 nitrogen and oxygen atoms in total. The van der Waals surface area contributed by atoms with Gasteiger partial charge in [-0.25, -0.2) is 25.3 Å². The number of hydrogen-bond acceptors (Lipinski definition) is 10. The Morgan fingerprint density at radius 2 is 1.11 bits per heavy atom. The first kappa shape index (κ1) is 24.2. The summed E-state index contributed by atoms with van der Waals surface area (Å²) in [5.74, 6) is -1.84. The van der Waals surface area contributed by atoms with Crippen LogP contribution in [-0.2, 0) is 39.0 Å². The monoisotopic (exact) mass is 388 g/mol. The van der Waals surface area contributed by atoms with Gasteiger partial charge in [-0.2, -0.15) is 0 Å². The molecule has 1 heterocycles. The van der Waals surface area contributed by atoms with E-state index in [1.165, 1.54) is 0 Å². The van der Waals surface area contributed by atoms with Gasteiger partial charge in [0.25, 0.3) is 0 Å². The average molecular weight is 388 g/mol. The minimum atomic E-state index is -5.24. The molecule has 0 saturated carbocycles. The van der Waals surface area contributed by atoms with Crippen LogP contribution in [0.2, 0.25) is 0 Å². The fourth-order valence-corrected chi connectivity index (χ4v) is 4.13. The Kier molecular flexibility index (Phi) is 11.1. The van der Waals surface area contributed by atoms with Gasteiger partial charge in [-0.3, -0.25) is 8.37 Å². The van der Waals surface area contributed by atoms with Crippen molar-refractivity contribution in [1.29, 1.82) is 0 Å². The van der Waals surface area contributed by atoms with Crippen molar-refractivity contribution in [1.82, 2.24) is 0 Å². The Hall–Kier alpha value is 2.96. The van der Waals surface area contributed by atoms with Crippen molar-refractivity contribution in [2.45, 2.75) is 12.2 Å². The van der Waals surface area contributed by atoms with E-state index in [1.54, 1.807) is 0 Å². The van der Waals surface area contributed by atoms with Crippen LogP contribution in [0.15, 0.2) is 0 Å². The first-order valence-electron chi connectivity index (χ1n) is 3.87. The second-order valence-electron chi connectivity index (χ2n) is 3.16. The van der Waals surface area contributed by atoms with Gasteiger partial charge in [0.05, 0.1) is 11.5 Å². The molecule has 0 N–H and O–H groups in total. The number of hydrogen-bond donors (Lipinski definition) is 0. The maximum atomic E-state index is 11.1. The van der Waals surface area contributed by atoms with Crippen molar-refractivity contribution in [2.24, 2.45) is 0 Å². The van der Waals surface area contributed by atoms with Crippen LogP contribution < -0.4 is 103 Å². The SMILES string of the molecule is O=S1(=O)C[C@H](OS(=O)(=O)[O-])[C@H](OS(=O)(=O)[O-])C1.[K+].[K+]. The molecule has 15 heteroatoms. The Morgan fingerprint density at radius 3 is 1.32 bits per heavy atom. The van der Waals surface area contributed by atoms with Crippen molar-refractivity contribution in [2.75, 3.05) is 11.5 Å². The van der Waals surface area contributed by atoms with E-state index in [9.17, 15) is 34.4 Å². The Balaban J connectivity index is 0. The molecule has 1 fully saturated rings. The fraction of sp³-hybridized carbons (Fsp3) is 1.00. The van der Waals surface area contributed by atoms with Gasteiger partial charge in [-0.15, -0.1) is 0 Å². The Bertz CT molecular complexity index is 543. The van der Waals surface area contributed by atoms with Crippen LogP contribution in [0.4, 0.5) is 0 Å². The van der Waals surface area contributed by atoms with Crippen LogP contribution in [0.5, 0.6) is 0 Å². The summed E-state index contributed by atoms with van der Waals surface area (Å²) in [6.07, 6.45) is -3.68. The zero-order valence-electron chi connectivity index (χ0n) is 9.88. The first-order valence-corrected chi connectivity index (χ1v) is 8.35. The van der Waals surface area contributed by atoms with Gasteiger partial charge in [-0.1, -0.05) is 0 Å². The molecular formula is C4H6K2O10S3. The van der Waals surface area contributed by atoms with E-state index >= 15 is 0 Å².